The molecule has 0 radical (unpaired) electrons. The van der Waals surface area contributed by atoms with Crippen LogP contribution in [0.4, 0.5) is 11.6 Å². The molecule has 192 valence electrons. The third-order valence-electron chi connectivity index (χ3n) is 3.06. The van der Waals surface area contributed by atoms with Crippen LogP contribution < -0.4 is 46.6 Å². The first kappa shape index (κ1) is 34.5. The van der Waals surface area contributed by atoms with Crippen LogP contribution in [0.25, 0.3) is 5.53 Å². The maximum absolute atomic E-state index is 10.6. The van der Waals surface area contributed by atoms with E-state index in [1.54, 1.807) is 5.53 Å². The number of hydrogen-bond donors (Lipinski definition) is 7. The molecule has 0 atom stereocenters. The first-order valence-electron chi connectivity index (χ1n) is 8.62. The van der Waals surface area contributed by atoms with Crippen molar-refractivity contribution in [2.45, 2.75) is 12.8 Å². The Balaban J connectivity index is 0. The van der Waals surface area contributed by atoms with Crippen molar-refractivity contribution >= 4 is 23.6 Å². The number of carbonyl (C=O) groups is 2. The van der Waals surface area contributed by atoms with Crippen molar-refractivity contribution < 1.29 is 49.4 Å². The fourth-order valence-electron chi connectivity index (χ4n) is 1.80. The zero-order valence-corrected chi connectivity index (χ0v) is 20.9. The number of H-pyrrole nitrogens is 2. The number of aromatic amines is 2. The molecular weight excluding hydrogens is 527 g/mol. The van der Waals surface area contributed by atoms with E-state index in [-0.39, 0.29) is 64.4 Å². The largest absolute Gasteiger partial charge is 1.00 e. The van der Waals surface area contributed by atoms with Crippen LogP contribution in [0.1, 0.15) is 27.3 Å². The number of rotatable bonds is 10. The van der Waals surface area contributed by atoms with Crippen molar-refractivity contribution in [1.29, 1.82) is 10.5 Å². The topological polar surface area (TPSA) is 407 Å². The summed E-state index contributed by atoms with van der Waals surface area (Å²) in [5.41, 5.74) is 20.4. The van der Waals surface area contributed by atoms with Crippen LogP contribution >= 0.6 is 0 Å². The summed E-state index contributed by atoms with van der Waals surface area (Å²) in [5, 5.41) is 72.4. The van der Waals surface area contributed by atoms with E-state index in [4.69, 9.17) is 37.7 Å². The van der Waals surface area contributed by atoms with Crippen LogP contribution in [0.3, 0.4) is 0 Å². The molecule has 9 N–H and O–H groups in total. The maximum Gasteiger partial charge on any atom is 1.00 e. The van der Waals surface area contributed by atoms with Gasteiger partial charge in [-0.2, -0.15) is 20.7 Å². The van der Waals surface area contributed by atoms with Gasteiger partial charge in [-0.25, -0.2) is 4.79 Å². The predicted octanol–water partition coefficient (Wildman–Crippen LogP) is -2.09. The predicted molar refractivity (Wildman–Crippen MR) is 112 cm³/mol. The van der Waals surface area contributed by atoms with Gasteiger partial charge in [0.15, 0.2) is 11.6 Å². The number of nitrogens with zero attached hydrogens (tertiary/aromatic N) is 15. The van der Waals surface area contributed by atoms with Gasteiger partial charge in [0, 0.05) is 15.7 Å². The van der Waals surface area contributed by atoms with Crippen LogP contribution in [0.2, 0.25) is 0 Å². The number of nitriles is 2. The van der Waals surface area contributed by atoms with Gasteiger partial charge < -0.3 is 27.2 Å². The van der Waals surface area contributed by atoms with Crippen molar-refractivity contribution in [2.75, 3.05) is 11.5 Å². The molecule has 0 saturated carbocycles. The molecule has 0 fully saturated rings. The number of carboxylic acids is 2. The van der Waals surface area contributed by atoms with E-state index in [1.165, 1.54) is 0 Å². The molecule has 0 bridgehead atoms. The molecule has 0 amide bonds. The Morgan fingerprint density at radius 2 is 1.53 bits per heavy atom. The van der Waals surface area contributed by atoms with Crippen molar-refractivity contribution in [3.8, 4) is 12.1 Å². The number of nitrogens with one attached hydrogen (secondary N) is 3. The zero-order chi connectivity index (χ0) is 28.1. The number of hydrogen-bond acceptors (Lipinski definition) is 11. The zero-order valence-electron chi connectivity index (χ0n) is 18.9. The molecule has 2 heterocycles. The quantitative estimate of drug-likeness (QED) is 0.0738. The smallest absolute Gasteiger partial charge is 0.481 e. The number of aromatic nitrogens is 4. The molecule has 0 aliphatic carbocycles. The van der Waals surface area contributed by atoms with Crippen LogP contribution in [-0.4, -0.2) is 42.5 Å². The second-order valence-corrected chi connectivity index (χ2v) is 5.25. The van der Waals surface area contributed by atoms with Gasteiger partial charge in [0.05, 0.1) is 30.3 Å². The molecule has 0 spiro atoms. The first-order chi connectivity index (χ1) is 17.7. The molecule has 38 heavy (non-hydrogen) atoms. The third kappa shape index (κ3) is 13.9. The number of anilines is 2. The third-order valence-corrected chi connectivity index (χ3v) is 3.06. The van der Waals surface area contributed by atoms with Crippen molar-refractivity contribution in [2.24, 2.45) is 52.3 Å². The van der Waals surface area contributed by atoms with Gasteiger partial charge in [-0.05, 0) is 20.9 Å². The average molecular weight is 540 g/mol. The van der Waals surface area contributed by atoms with Crippen LogP contribution in [0.15, 0.2) is 52.3 Å². The molecule has 0 aliphatic heterocycles. The first-order valence-corrected chi connectivity index (χ1v) is 8.62. The Bertz CT molecular complexity index is 1260. The molecule has 25 nitrogen and oxygen atoms in total. The van der Waals surface area contributed by atoms with E-state index in [0.717, 1.165) is 0 Å². The Morgan fingerprint density at radius 3 is 2.03 bits per heavy atom. The van der Waals surface area contributed by atoms with Gasteiger partial charge in [-0.1, -0.05) is 0 Å². The van der Waals surface area contributed by atoms with Crippen LogP contribution in [-0.2, 0) is 17.6 Å². The second-order valence-electron chi connectivity index (χ2n) is 5.25. The van der Waals surface area contributed by atoms with Gasteiger partial charge >= 0.3 is 41.5 Å². The molecule has 0 aliphatic rings. The minimum atomic E-state index is -1.29. The maximum atomic E-state index is 10.6. The number of nitrogens with two attached hydrogens (primary N) is 2. The SMILES string of the molecule is N#CCc1[nH]nc(N)c1C#N.Nc1n[nH]c(CC(=O)O)c1C(=O)O.[N-]=NNN=NN=NN=NN=NN=O.[Na+]. The summed E-state index contributed by atoms with van der Waals surface area (Å²) in [6, 6.07) is 3.75. The van der Waals surface area contributed by atoms with E-state index in [9.17, 15) is 14.5 Å². The van der Waals surface area contributed by atoms with E-state index >= 15 is 0 Å². The Labute approximate surface area is 230 Å². The van der Waals surface area contributed by atoms with E-state index in [0.29, 0.717) is 5.69 Å². The minimum absolute atomic E-state index is 0. The molecular formula is C12H13N20NaO5. The van der Waals surface area contributed by atoms with Gasteiger partial charge in [0.2, 0.25) is 0 Å². The van der Waals surface area contributed by atoms with Gasteiger partial charge in [0.1, 0.15) is 22.5 Å². The standard InChI is InChI=1S/C6H5N5.C6H7N3O4.HN12O.Na/c7-2-1-5-4(3-8)6(9)11-10-5;7-5-4(6(12)13)2(8-9-5)1-3(10)11;1-2-3-4-5-6-7-8-9-10-11-12-13;/h1H2,(H3,9,10,11);1H2,(H,10,11)(H,12,13)(H3,7,8,9);(H-,1,3,5,7,9,11,13);/q;;-1;+1. The Morgan fingerprint density at radius 1 is 0.974 bits per heavy atom. The molecule has 0 aromatic carbocycles. The van der Waals surface area contributed by atoms with Crippen molar-refractivity contribution in [1.82, 2.24) is 25.9 Å². The summed E-state index contributed by atoms with van der Waals surface area (Å²) in [6.45, 7) is 0. The number of nitrogen functional groups attached to an aromatic ring is 2. The Hall–Kier alpha value is -5.66. The van der Waals surface area contributed by atoms with Crippen molar-refractivity contribution in [3.63, 3.8) is 0 Å². The van der Waals surface area contributed by atoms with Crippen LogP contribution in [0, 0.1) is 27.6 Å². The average Bonchev–Trinajstić information content (AvgIpc) is 3.40. The summed E-state index contributed by atoms with van der Waals surface area (Å²) in [6.07, 6.45) is -0.307. The van der Waals surface area contributed by atoms with Gasteiger partial charge in [-0.15, -0.1) is 10.1 Å². The number of aromatic carboxylic acids is 1. The molecule has 2 aromatic heterocycles. The monoisotopic (exact) mass is 540 g/mol. The van der Waals surface area contributed by atoms with Gasteiger partial charge in [0.25, 0.3) is 0 Å². The molecule has 0 saturated heterocycles. The minimum Gasteiger partial charge on any atom is -0.481 e. The number of carboxylic acid groups (broad SMARTS) is 2. The van der Waals surface area contributed by atoms with E-state index < -0.39 is 18.4 Å². The molecule has 0 unspecified atom stereocenters. The number of aliphatic carboxylic acids is 1. The molecule has 2 aromatic rings. The summed E-state index contributed by atoms with van der Waals surface area (Å²) in [5.74, 6) is -2.49. The van der Waals surface area contributed by atoms with Crippen LogP contribution in [0.5, 0.6) is 0 Å². The fourth-order valence-corrected chi connectivity index (χ4v) is 1.80. The molecule has 26 heteroatoms. The fraction of sp³-hybridized carbons (Fsp3) is 0.167. The van der Waals surface area contributed by atoms with E-state index in [2.05, 4.69) is 67.4 Å². The second kappa shape index (κ2) is 20.7. The summed E-state index contributed by atoms with van der Waals surface area (Å²) in [7, 11) is 0. The summed E-state index contributed by atoms with van der Waals surface area (Å²) >= 11 is 0. The van der Waals surface area contributed by atoms with Crippen molar-refractivity contribution in [3.05, 3.63) is 33.0 Å². The Kier molecular flexibility index (Phi) is 18.8. The summed E-state index contributed by atoms with van der Waals surface area (Å²) in [4.78, 5) is 30.1. The number of nitroso groups, excluding NO2 is 1. The van der Waals surface area contributed by atoms with E-state index in [1.807, 2.05) is 17.4 Å². The normalized spacial score (nSPS) is 9.95. The van der Waals surface area contributed by atoms with Gasteiger partial charge in [-0.3, -0.25) is 25.7 Å². The molecule has 2 rings (SSSR count). The summed E-state index contributed by atoms with van der Waals surface area (Å²) < 4.78 is 0.